The first-order valence-corrected chi connectivity index (χ1v) is 12.0. The molecule has 3 rings (SSSR count). The zero-order valence-corrected chi connectivity index (χ0v) is 18.0. The fourth-order valence-corrected chi connectivity index (χ4v) is 3.87. The summed E-state index contributed by atoms with van der Waals surface area (Å²) in [5.41, 5.74) is 2.23. The van der Waals surface area contributed by atoms with Crippen molar-refractivity contribution in [3.05, 3.63) is 59.8 Å². The van der Waals surface area contributed by atoms with E-state index in [0.29, 0.717) is 12.2 Å². The fraction of sp³-hybridized carbons (Fsp3) is 0.364. The van der Waals surface area contributed by atoms with E-state index in [2.05, 4.69) is 19.9 Å². The summed E-state index contributed by atoms with van der Waals surface area (Å²) >= 11 is 0. The molecule has 0 aliphatic carbocycles. The van der Waals surface area contributed by atoms with E-state index in [1.165, 1.54) is 31.8 Å². The van der Waals surface area contributed by atoms with Crippen LogP contribution in [0, 0.1) is 0 Å². The molecule has 8 heteroatoms. The predicted molar refractivity (Wildman–Crippen MR) is 121 cm³/mol. The van der Waals surface area contributed by atoms with Gasteiger partial charge in [0.25, 0.3) is 0 Å². The van der Waals surface area contributed by atoms with Crippen LogP contribution in [0.2, 0.25) is 0 Å². The average molecular weight is 429 g/mol. The Kier molecular flexibility index (Phi) is 7.46. The van der Waals surface area contributed by atoms with E-state index in [1.807, 2.05) is 18.3 Å². The second-order valence-corrected chi connectivity index (χ2v) is 9.22. The van der Waals surface area contributed by atoms with Gasteiger partial charge in [-0.05, 0) is 48.2 Å². The van der Waals surface area contributed by atoms with E-state index < -0.39 is 10.0 Å². The first kappa shape index (κ1) is 21.8. The minimum atomic E-state index is -3.30. The third-order valence-corrected chi connectivity index (χ3v) is 5.45. The third kappa shape index (κ3) is 7.18. The average Bonchev–Trinajstić information content (AvgIpc) is 3.00. The molecular formula is C22H28N4O3S. The van der Waals surface area contributed by atoms with E-state index in [1.54, 1.807) is 30.3 Å². The fourth-order valence-electron chi connectivity index (χ4n) is 3.30. The van der Waals surface area contributed by atoms with Crippen LogP contribution in [-0.4, -0.2) is 38.7 Å². The molecule has 0 saturated carbocycles. The number of carbonyl (C=O) groups excluding carboxylic acids is 1. The van der Waals surface area contributed by atoms with Crippen molar-refractivity contribution in [3.63, 3.8) is 0 Å². The van der Waals surface area contributed by atoms with Gasteiger partial charge < -0.3 is 10.2 Å². The lowest BCUT2D eigenvalue weighted by atomic mass is 10.2. The Hall–Kier alpha value is -2.87. The van der Waals surface area contributed by atoms with E-state index in [9.17, 15) is 13.2 Å². The Morgan fingerprint density at radius 2 is 1.77 bits per heavy atom. The lowest BCUT2D eigenvalue weighted by Gasteiger charge is -2.21. The van der Waals surface area contributed by atoms with Crippen molar-refractivity contribution >= 4 is 33.5 Å². The van der Waals surface area contributed by atoms with Gasteiger partial charge in [-0.25, -0.2) is 13.4 Å². The molecule has 1 aliphatic rings. The molecule has 1 amide bonds. The third-order valence-electron chi connectivity index (χ3n) is 4.85. The van der Waals surface area contributed by atoms with Crippen molar-refractivity contribution in [2.75, 3.05) is 29.0 Å². The Morgan fingerprint density at radius 1 is 1.07 bits per heavy atom. The topological polar surface area (TPSA) is 91.4 Å². The maximum absolute atomic E-state index is 12.1. The Bertz CT molecular complexity index is 962. The molecule has 1 aromatic carbocycles. The lowest BCUT2D eigenvalue weighted by Crippen LogP contribution is -2.25. The molecular weight excluding hydrogens is 400 g/mol. The Morgan fingerprint density at radius 3 is 2.37 bits per heavy atom. The number of benzene rings is 1. The summed E-state index contributed by atoms with van der Waals surface area (Å²) in [6.07, 6.45) is 11.1. The number of nitrogens with one attached hydrogen (secondary N) is 2. The minimum Gasteiger partial charge on any atom is -0.357 e. The number of amides is 1. The molecule has 160 valence electrons. The predicted octanol–water partition coefficient (Wildman–Crippen LogP) is 3.16. The summed E-state index contributed by atoms with van der Waals surface area (Å²) < 4.78 is 24.8. The van der Waals surface area contributed by atoms with E-state index in [-0.39, 0.29) is 5.91 Å². The normalized spacial score (nSPS) is 15.0. The first-order valence-electron chi connectivity index (χ1n) is 10.1. The van der Waals surface area contributed by atoms with Gasteiger partial charge in [0.1, 0.15) is 5.82 Å². The second kappa shape index (κ2) is 10.2. The van der Waals surface area contributed by atoms with Crippen LogP contribution in [-0.2, 0) is 21.4 Å². The van der Waals surface area contributed by atoms with Gasteiger partial charge in [0.15, 0.2) is 0 Å². The monoisotopic (exact) mass is 428 g/mol. The van der Waals surface area contributed by atoms with E-state index in [4.69, 9.17) is 0 Å². The number of anilines is 2. The highest BCUT2D eigenvalue weighted by molar-refractivity contribution is 7.92. The maximum atomic E-state index is 12.1. The number of rotatable bonds is 7. The van der Waals surface area contributed by atoms with Gasteiger partial charge in [0.2, 0.25) is 15.9 Å². The number of sulfonamides is 1. The summed E-state index contributed by atoms with van der Waals surface area (Å²) in [4.78, 5) is 19.0. The van der Waals surface area contributed by atoms with Crippen LogP contribution >= 0.6 is 0 Å². The standard InChI is InChI=1S/C22H28N4O3S/c1-30(28,29)25-20-10-6-18(7-11-20)9-13-22(27)24-17-19-8-12-21(23-16-19)26-14-4-2-3-5-15-26/h6-13,16,25H,2-5,14-15,17H2,1H3,(H,24,27)/b13-9+. The van der Waals surface area contributed by atoms with Crippen LogP contribution in [0.4, 0.5) is 11.5 Å². The van der Waals surface area contributed by atoms with Gasteiger partial charge in [0.05, 0.1) is 6.26 Å². The molecule has 0 spiro atoms. The lowest BCUT2D eigenvalue weighted by molar-refractivity contribution is -0.116. The quantitative estimate of drug-likeness (QED) is 0.661. The zero-order chi connectivity index (χ0) is 21.4. The van der Waals surface area contributed by atoms with Crippen LogP contribution < -0.4 is 14.9 Å². The van der Waals surface area contributed by atoms with Crippen LogP contribution in [0.15, 0.2) is 48.7 Å². The summed E-state index contributed by atoms with van der Waals surface area (Å²) in [5, 5.41) is 2.85. The molecule has 0 radical (unpaired) electrons. The van der Waals surface area contributed by atoms with Gasteiger partial charge in [-0.15, -0.1) is 0 Å². The number of aromatic nitrogens is 1. The Balaban J connectivity index is 1.48. The number of hydrogen-bond donors (Lipinski definition) is 2. The van der Waals surface area contributed by atoms with Gasteiger partial charge in [0, 0.05) is 37.6 Å². The molecule has 0 bridgehead atoms. The van der Waals surface area contributed by atoms with Crippen molar-refractivity contribution < 1.29 is 13.2 Å². The van der Waals surface area contributed by atoms with Gasteiger partial charge in [-0.1, -0.05) is 31.0 Å². The van der Waals surface area contributed by atoms with Gasteiger partial charge in [-0.2, -0.15) is 0 Å². The smallest absolute Gasteiger partial charge is 0.244 e. The highest BCUT2D eigenvalue weighted by Gasteiger charge is 2.10. The molecule has 1 aromatic heterocycles. The summed E-state index contributed by atoms with van der Waals surface area (Å²) in [6, 6.07) is 10.8. The first-order chi connectivity index (χ1) is 14.4. The molecule has 2 aromatic rings. The SMILES string of the molecule is CS(=O)(=O)Nc1ccc(/C=C/C(=O)NCc2ccc(N3CCCCCC3)nc2)cc1. The summed E-state index contributed by atoms with van der Waals surface area (Å²) in [7, 11) is -3.30. The second-order valence-electron chi connectivity index (χ2n) is 7.47. The number of carbonyl (C=O) groups is 1. The molecule has 1 fully saturated rings. The van der Waals surface area contributed by atoms with Crippen molar-refractivity contribution in [2.24, 2.45) is 0 Å². The van der Waals surface area contributed by atoms with Gasteiger partial charge in [-0.3, -0.25) is 9.52 Å². The number of nitrogens with zero attached hydrogens (tertiary/aromatic N) is 2. The van der Waals surface area contributed by atoms with E-state index >= 15 is 0 Å². The number of pyridine rings is 1. The van der Waals surface area contributed by atoms with Crippen LogP contribution in [0.1, 0.15) is 36.8 Å². The molecule has 1 saturated heterocycles. The maximum Gasteiger partial charge on any atom is 0.244 e. The zero-order valence-electron chi connectivity index (χ0n) is 17.2. The molecule has 30 heavy (non-hydrogen) atoms. The van der Waals surface area contributed by atoms with Crippen molar-refractivity contribution in [1.29, 1.82) is 0 Å². The Labute approximate surface area is 178 Å². The highest BCUT2D eigenvalue weighted by atomic mass is 32.2. The molecule has 2 heterocycles. The van der Waals surface area contributed by atoms with Crippen molar-refractivity contribution in [2.45, 2.75) is 32.2 Å². The molecule has 2 N–H and O–H groups in total. The van der Waals surface area contributed by atoms with Crippen LogP contribution in [0.3, 0.4) is 0 Å². The van der Waals surface area contributed by atoms with Gasteiger partial charge >= 0.3 is 0 Å². The van der Waals surface area contributed by atoms with E-state index in [0.717, 1.165) is 36.3 Å². The van der Waals surface area contributed by atoms with Crippen molar-refractivity contribution in [3.8, 4) is 0 Å². The van der Waals surface area contributed by atoms with Crippen LogP contribution in [0.5, 0.6) is 0 Å². The largest absolute Gasteiger partial charge is 0.357 e. The molecule has 1 aliphatic heterocycles. The number of hydrogen-bond acceptors (Lipinski definition) is 5. The minimum absolute atomic E-state index is 0.204. The highest BCUT2D eigenvalue weighted by Crippen LogP contribution is 2.17. The molecule has 7 nitrogen and oxygen atoms in total. The van der Waals surface area contributed by atoms with Crippen molar-refractivity contribution in [1.82, 2.24) is 10.3 Å². The molecule has 0 atom stereocenters. The van der Waals surface area contributed by atoms with Crippen LogP contribution in [0.25, 0.3) is 6.08 Å². The summed E-state index contributed by atoms with van der Waals surface area (Å²) in [6.45, 7) is 2.52. The molecule has 0 unspecified atom stereocenters. The summed E-state index contributed by atoms with van der Waals surface area (Å²) in [5.74, 6) is 0.797.